The number of tetrazole rings is 1. The summed E-state index contributed by atoms with van der Waals surface area (Å²) < 4.78 is 14.2. The Labute approximate surface area is 215 Å². The molecule has 1 saturated carbocycles. The molecule has 1 heterocycles. The van der Waals surface area contributed by atoms with Crippen molar-refractivity contribution in [3.05, 3.63) is 72.5 Å². The maximum Gasteiger partial charge on any atom is 0.323 e. The van der Waals surface area contributed by atoms with E-state index in [1.54, 1.807) is 12.1 Å². The highest BCUT2D eigenvalue weighted by molar-refractivity contribution is 6.02. The summed E-state index contributed by atoms with van der Waals surface area (Å²) in [7, 11) is 0. The third kappa shape index (κ3) is 5.45. The number of hydrogen-bond acceptors (Lipinski definition) is 5. The number of anilines is 3. The molecule has 4 aromatic rings. The van der Waals surface area contributed by atoms with Gasteiger partial charge in [0.05, 0.1) is 17.1 Å². The van der Waals surface area contributed by atoms with Gasteiger partial charge >= 0.3 is 6.03 Å². The number of rotatable bonds is 7. The number of aromatic amines is 1. The molecular formula is C28H30FN7O. The fraction of sp³-hybridized carbons (Fsp3) is 0.286. The highest BCUT2D eigenvalue weighted by Gasteiger charge is 2.24. The van der Waals surface area contributed by atoms with Crippen molar-refractivity contribution in [2.75, 3.05) is 22.1 Å². The fourth-order valence-corrected chi connectivity index (χ4v) is 5.13. The normalized spacial score (nSPS) is 13.8. The molecule has 0 radical (unpaired) electrons. The summed E-state index contributed by atoms with van der Waals surface area (Å²) in [5.41, 5.74) is 4.40. The minimum absolute atomic E-state index is 0.125. The van der Waals surface area contributed by atoms with Crippen molar-refractivity contribution in [3.63, 3.8) is 0 Å². The summed E-state index contributed by atoms with van der Waals surface area (Å²) in [4.78, 5) is 15.4. The summed E-state index contributed by atoms with van der Waals surface area (Å²) >= 11 is 0. The van der Waals surface area contributed by atoms with Gasteiger partial charge in [-0.05, 0) is 65.6 Å². The number of hydrogen-bond donors (Lipinski definition) is 3. The third-order valence-corrected chi connectivity index (χ3v) is 6.87. The monoisotopic (exact) mass is 499 g/mol. The van der Waals surface area contributed by atoms with Crippen LogP contribution in [0.4, 0.5) is 26.2 Å². The summed E-state index contributed by atoms with van der Waals surface area (Å²) in [5.74, 6) is 0.0717. The lowest BCUT2D eigenvalue weighted by atomic mass is 9.93. The van der Waals surface area contributed by atoms with Crippen LogP contribution in [-0.2, 0) is 0 Å². The summed E-state index contributed by atoms with van der Waals surface area (Å²) in [6.07, 6.45) is 5.91. The minimum Gasteiger partial charge on any atom is -0.367 e. The molecule has 0 atom stereocenters. The number of H-pyrrole nitrogens is 1. The molecule has 1 aliphatic rings. The van der Waals surface area contributed by atoms with Gasteiger partial charge in [-0.1, -0.05) is 61.7 Å². The van der Waals surface area contributed by atoms with E-state index in [4.69, 9.17) is 0 Å². The zero-order valence-corrected chi connectivity index (χ0v) is 20.7. The van der Waals surface area contributed by atoms with Gasteiger partial charge in [0.25, 0.3) is 0 Å². The number of carbonyl (C=O) groups excluding carboxylic acids is 1. The van der Waals surface area contributed by atoms with Gasteiger partial charge in [0.1, 0.15) is 5.82 Å². The van der Waals surface area contributed by atoms with Gasteiger partial charge in [-0.15, -0.1) is 5.10 Å². The van der Waals surface area contributed by atoms with Crippen molar-refractivity contribution in [1.29, 1.82) is 0 Å². The average Bonchev–Trinajstić information content (AvgIpc) is 3.47. The van der Waals surface area contributed by atoms with Crippen LogP contribution in [0.3, 0.4) is 0 Å². The number of aromatic nitrogens is 4. The molecule has 0 bridgehead atoms. The molecule has 190 valence electrons. The fourth-order valence-electron chi connectivity index (χ4n) is 5.13. The van der Waals surface area contributed by atoms with Gasteiger partial charge in [-0.2, -0.15) is 0 Å². The van der Waals surface area contributed by atoms with Gasteiger partial charge in [-0.25, -0.2) is 14.3 Å². The molecule has 2 amide bonds. The van der Waals surface area contributed by atoms with E-state index in [0.29, 0.717) is 17.6 Å². The Bertz CT molecular complexity index is 1350. The van der Waals surface area contributed by atoms with E-state index in [1.165, 1.54) is 31.4 Å². The molecule has 0 unspecified atom stereocenters. The molecular weight excluding hydrogens is 469 g/mol. The van der Waals surface area contributed by atoms with Crippen LogP contribution in [-0.4, -0.2) is 39.2 Å². The second kappa shape index (κ2) is 11.2. The Morgan fingerprint density at radius 3 is 2.43 bits per heavy atom. The molecule has 0 saturated heterocycles. The number of para-hydroxylation sites is 1. The van der Waals surface area contributed by atoms with Crippen molar-refractivity contribution in [2.24, 2.45) is 0 Å². The second-order valence-electron chi connectivity index (χ2n) is 9.16. The van der Waals surface area contributed by atoms with E-state index >= 15 is 0 Å². The van der Waals surface area contributed by atoms with Crippen LogP contribution in [0.5, 0.6) is 0 Å². The van der Waals surface area contributed by atoms with Crippen molar-refractivity contribution >= 4 is 23.1 Å². The zero-order chi connectivity index (χ0) is 25.6. The lowest BCUT2D eigenvalue weighted by molar-refractivity contribution is 0.262. The Hall–Kier alpha value is -4.27. The Morgan fingerprint density at radius 2 is 1.70 bits per heavy atom. The topological polar surface area (TPSA) is 98.8 Å². The first-order chi connectivity index (χ1) is 18.1. The van der Waals surface area contributed by atoms with Crippen LogP contribution in [0.15, 0.2) is 66.7 Å². The van der Waals surface area contributed by atoms with Crippen LogP contribution in [0.1, 0.15) is 39.0 Å². The molecule has 3 aromatic carbocycles. The summed E-state index contributed by atoms with van der Waals surface area (Å²) in [6.45, 7) is 2.95. The molecule has 9 heteroatoms. The molecule has 0 spiro atoms. The smallest absolute Gasteiger partial charge is 0.323 e. The van der Waals surface area contributed by atoms with Gasteiger partial charge in [0.2, 0.25) is 0 Å². The van der Waals surface area contributed by atoms with E-state index in [0.717, 1.165) is 41.8 Å². The van der Waals surface area contributed by atoms with Crippen molar-refractivity contribution in [1.82, 2.24) is 20.6 Å². The zero-order valence-electron chi connectivity index (χ0n) is 20.7. The number of halogens is 1. The first-order valence-electron chi connectivity index (χ1n) is 12.7. The summed E-state index contributed by atoms with van der Waals surface area (Å²) in [6, 6.07) is 19.9. The molecule has 3 N–H and O–H groups in total. The Kier molecular flexibility index (Phi) is 7.39. The van der Waals surface area contributed by atoms with Crippen LogP contribution in [0.2, 0.25) is 0 Å². The lowest BCUT2D eigenvalue weighted by Crippen LogP contribution is -2.37. The van der Waals surface area contributed by atoms with Crippen LogP contribution >= 0.6 is 0 Å². The predicted octanol–water partition coefficient (Wildman–Crippen LogP) is 6.48. The lowest BCUT2D eigenvalue weighted by Gasteiger charge is -2.36. The Morgan fingerprint density at radius 1 is 0.973 bits per heavy atom. The van der Waals surface area contributed by atoms with Gasteiger partial charge in [-0.3, -0.25) is 0 Å². The first kappa shape index (κ1) is 24.4. The molecule has 0 aliphatic heterocycles. The number of nitrogens with one attached hydrogen (secondary N) is 3. The van der Waals surface area contributed by atoms with Crippen molar-refractivity contribution in [3.8, 4) is 22.5 Å². The van der Waals surface area contributed by atoms with Gasteiger partial charge in [0, 0.05) is 18.2 Å². The number of amides is 2. The highest BCUT2D eigenvalue weighted by atomic mass is 19.1. The largest absolute Gasteiger partial charge is 0.367 e. The molecule has 37 heavy (non-hydrogen) atoms. The van der Waals surface area contributed by atoms with Crippen LogP contribution < -0.4 is 15.5 Å². The SMILES string of the molecule is CCN(c1ccc(-c2ccccc2-c2nnn[nH]2)cc1NC(=O)Nc1ccccc1F)C1CCCCC1. The van der Waals surface area contributed by atoms with Crippen LogP contribution in [0, 0.1) is 5.82 Å². The average molecular weight is 500 g/mol. The third-order valence-electron chi connectivity index (χ3n) is 6.87. The predicted molar refractivity (Wildman–Crippen MR) is 144 cm³/mol. The second-order valence-corrected chi connectivity index (χ2v) is 9.16. The van der Waals surface area contributed by atoms with E-state index in [1.807, 2.05) is 30.3 Å². The van der Waals surface area contributed by atoms with E-state index in [-0.39, 0.29) is 5.69 Å². The van der Waals surface area contributed by atoms with Gasteiger partial charge in [0.15, 0.2) is 5.82 Å². The van der Waals surface area contributed by atoms with Crippen LogP contribution in [0.25, 0.3) is 22.5 Å². The maximum atomic E-state index is 14.2. The molecule has 1 fully saturated rings. The number of nitrogens with zero attached hydrogens (tertiary/aromatic N) is 4. The Balaban J connectivity index is 1.53. The summed E-state index contributed by atoms with van der Waals surface area (Å²) in [5, 5.41) is 20.0. The molecule has 1 aromatic heterocycles. The maximum absolute atomic E-state index is 14.2. The van der Waals surface area contributed by atoms with E-state index in [2.05, 4.69) is 55.2 Å². The molecule has 8 nitrogen and oxygen atoms in total. The number of carbonyl (C=O) groups is 1. The first-order valence-corrected chi connectivity index (χ1v) is 12.7. The minimum atomic E-state index is -0.504. The quantitative estimate of drug-likeness (QED) is 0.270. The van der Waals surface area contributed by atoms with Crippen molar-refractivity contribution < 1.29 is 9.18 Å². The highest BCUT2D eigenvalue weighted by Crippen LogP contribution is 2.38. The van der Waals surface area contributed by atoms with Gasteiger partial charge < -0.3 is 15.5 Å². The standard InChI is InChI=1S/C28H30FN7O/c1-2-36(20-10-4-3-5-11-20)26-17-16-19(21-12-6-7-13-22(21)27-32-34-35-33-27)18-25(26)31-28(37)30-24-15-9-8-14-23(24)29/h6-9,12-18,20H,2-5,10-11H2,1H3,(H2,30,31,37)(H,32,33,34,35). The van der Waals surface area contributed by atoms with Crippen molar-refractivity contribution in [2.45, 2.75) is 45.1 Å². The molecule has 1 aliphatic carbocycles. The number of benzene rings is 3. The molecule has 5 rings (SSSR count). The van der Waals surface area contributed by atoms with E-state index in [9.17, 15) is 9.18 Å². The van der Waals surface area contributed by atoms with E-state index < -0.39 is 11.8 Å². The number of urea groups is 1.